The highest BCUT2D eigenvalue weighted by Gasteiger charge is 2.29. The van der Waals surface area contributed by atoms with Gasteiger partial charge in [-0.05, 0) is 37.5 Å². The van der Waals surface area contributed by atoms with E-state index in [9.17, 15) is 4.79 Å². The predicted molar refractivity (Wildman–Crippen MR) is 79.6 cm³/mol. The van der Waals surface area contributed by atoms with Crippen molar-refractivity contribution >= 4 is 17.3 Å². The van der Waals surface area contributed by atoms with Crippen LogP contribution in [-0.4, -0.2) is 24.5 Å². The van der Waals surface area contributed by atoms with E-state index in [1.165, 1.54) is 5.56 Å². The predicted octanol–water partition coefficient (Wildman–Crippen LogP) is 2.30. The number of hydrogen-bond donors (Lipinski definition) is 2. The van der Waals surface area contributed by atoms with Gasteiger partial charge in [0.15, 0.2) is 0 Å². The number of fused-ring (bicyclic) bond motifs is 1. The first-order chi connectivity index (χ1) is 8.91. The number of rotatable bonds is 2. The maximum atomic E-state index is 12.3. The molecule has 1 aromatic rings. The first-order valence-corrected chi connectivity index (χ1v) is 6.88. The lowest BCUT2D eigenvalue weighted by Gasteiger charge is -2.28. The number of nitrogens with two attached hydrogens (primary N) is 1. The third-order valence-electron chi connectivity index (χ3n) is 3.53. The number of amides is 1. The van der Waals surface area contributed by atoms with Crippen LogP contribution >= 0.6 is 0 Å². The highest BCUT2D eigenvalue weighted by molar-refractivity contribution is 6.02. The fourth-order valence-corrected chi connectivity index (χ4v) is 2.40. The van der Waals surface area contributed by atoms with E-state index in [1.54, 1.807) is 4.90 Å². The lowest BCUT2D eigenvalue weighted by Crippen LogP contribution is -2.48. The number of hydrogen-bond acceptors (Lipinski definition) is 3. The molecule has 1 aliphatic rings. The van der Waals surface area contributed by atoms with Gasteiger partial charge in [0.25, 0.3) is 0 Å². The first-order valence-electron chi connectivity index (χ1n) is 6.88. The Morgan fingerprint density at radius 3 is 2.58 bits per heavy atom. The smallest absolute Gasteiger partial charge is 0.246 e. The molecule has 3 N–H and O–H groups in total. The Balaban J connectivity index is 2.50. The van der Waals surface area contributed by atoms with Crippen LogP contribution in [0.25, 0.3) is 0 Å². The molecule has 4 nitrogen and oxygen atoms in total. The maximum Gasteiger partial charge on any atom is 0.246 e. The van der Waals surface area contributed by atoms with E-state index in [2.05, 4.69) is 31.3 Å². The Bertz CT molecular complexity index is 482. The van der Waals surface area contributed by atoms with Gasteiger partial charge < -0.3 is 16.0 Å². The number of carbonyl (C=O) groups is 1. The molecular formula is C15H23N3O. The number of anilines is 2. The second-order valence-electron chi connectivity index (χ2n) is 5.72. The Morgan fingerprint density at radius 1 is 1.32 bits per heavy atom. The van der Waals surface area contributed by atoms with Crippen LogP contribution in [0.15, 0.2) is 18.2 Å². The van der Waals surface area contributed by atoms with Gasteiger partial charge in [0, 0.05) is 12.6 Å². The molecular weight excluding hydrogens is 238 g/mol. The van der Waals surface area contributed by atoms with Gasteiger partial charge in [-0.2, -0.15) is 0 Å². The minimum absolute atomic E-state index is 0.0152. The molecule has 0 fully saturated rings. The van der Waals surface area contributed by atoms with E-state index < -0.39 is 6.04 Å². The zero-order chi connectivity index (χ0) is 14.2. The molecule has 0 saturated heterocycles. The summed E-state index contributed by atoms with van der Waals surface area (Å²) < 4.78 is 0. The van der Waals surface area contributed by atoms with Crippen LogP contribution in [0, 0.1) is 0 Å². The largest absolute Gasteiger partial charge is 0.381 e. The highest BCUT2D eigenvalue weighted by Crippen LogP contribution is 2.33. The third kappa shape index (κ3) is 2.59. The number of benzene rings is 1. The Labute approximate surface area is 115 Å². The molecule has 0 aliphatic carbocycles. The van der Waals surface area contributed by atoms with Crippen molar-refractivity contribution in [3.8, 4) is 0 Å². The number of nitrogens with zero attached hydrogens (tertiary/aromatic N) is 1. The highest BCUT2D eigenvalue weighted by atomic mass is 16.2. The lowest BCUT2D eigenvalue weighted by molar-refractivity contribution is -0.119. The van der Waals surface area contributed by atoms with E-state index in [1.807, 2.05) is 19.9 Å². The van der Waals surface area contributed by atoms with Crippen LogP contribution in [0.4, 0.5) is 11.4 Å². The summed E-state index contributed by atoms with van der Waals surface area (Å²) in [6, 6.07) is 5.85. The van der Waals surface area contributed by atoms with Gasteiger partial charge in [0.1, 0.15) is 6.04 Å². The number of carbonyl (C=O) groups excluding carboxylic acids is 1. The van der Waals surface area contributed by atoms with Crippen molar-refractivity contribution in [1.82, 2.24) is 0 Å². The minimum atomic E-state index is -0.489. The second kappa shape index (κ2) is 5.21. The van der Waals surface area contributed by atoms with Crippen molar-refractivity contribution in [2.24, 2.45) is 5.73 Å². The van der Waals surface area contributed by atoms with Crippen molar-refractivity contribution < 1.29 is 4.79 Å². The van der Waals surface area contributed by atoms with Crippen LogP contribution in [0.1, 0.15) is 39.2 Å². The van der Waals surface area contributed by atoms with Crippen LogP contribution in [0.2, 0.25) is 0 Å². The molecule has 1 unspecified atom stereocenters. The SMILES string of the molecule is CC(C)c1ccc2c(c1)NCC(N)C(=O)N2C(C)C. The molecule has 1 heterocycles. The molecule has 1 amide bonds. The molecule has 104 valence electrons. The summed E-state index contributed by atoms with van der Waals surface area (Å²) >= 11 is 0. The Morgan fingerprint density at radius 2 is 2.00 bits per heavy atom. The van der Waals surface area contributed by atoms with Gasteiger partial charge in [-0.25, -0.2) is 0 Å². The summed E-state index contributed by atoms with van der Waals surface area (Å²) in [4.78, 5) is 14.1. The minimum Gasteiger partial charge on any atom is -0.381 e. The normalized spacial score (nSPS) is 19.4. The molecule has 0 radical (unpaired) electrons. The van der Waals surface area contributed by atoms with Gasteiger partial charge >= 0.3 is 0 Å². The zero-order valence-electron chi connectivity index (χ0n) is 12.1. The summed E-state index contributed by atoms with van der Waals surface area (Å²) in [5.74, 6) is 0.450. The van der Waals surface area contributed by atoms with Crippen LogP contribution in [0.3, 0.4) is 0 Å². The fourth-order valence-electron chi connectivity index (χ4n) is 2.40. The quantitative estimate of drug-likeness (QED) is 0.859. The van der Waals surface area contributed by atoms with E-state index in [0.29, 0.717) is 12.5 Å². The van der Waals surface area contributed by atoms with Gasteiger partial charge in [-0.15, -0.1) is 0 Å². The molecule has 4 heteroatoms. The van der Waals surface area contributed by atoms with Crippen molar-refractivity contribution in [2.45, 2.75) is 45.7 Å². The molecule has 0 aromatic heterocycles. The topological polar surface area (TPSA) is 58.4 Å². The zero-order valence-corrected chi connectivity index (χ0v) is 12.1. The van der Waals surface area contributed by atoms with Crippen LogP contribution < -0.4 is 16.0 Å². The van der Waals surface area contributed by atoms with Gasteiger partial charge in [-0.1, -0.05) is 19.9 Å². The molecule has 19 heavy (non-hydrogen) atoms. The van der Waals surface area contributed by atoms with E-state index >= 15 is 0 Å². The fraction of sp³-hybridized carbons (Fsp3) is 0.533. The van der Waals surface area contributed by atoms with Gasteiger partial charge in [0.2, 0.25) is 5.91 Å². The molecule has 2 rings (SSSR count). The van der Waals surface area contributed by atoms with Crippen molar-refractivity contribution in [2.75, 3.05) is 16.8 Å². The molecule has 1 aromatic carbocycles. The standard InChI is InChI=1S/C15H23N3O/c1-9(2)11-5-6-14-13(7-11)17-8-12(16)15(19)18(14)10(3)4/h5-7,9-10,12,17H,8,16H2,1-4H3. The summed E-state index contributed by atoms with van der Waals surface area (Å²) in [6.45, 7) is 8.83. The van der Waals surface area contributed by atoms with E-state index in [4.69, 9.17) is 5.73 Å². The molecule has 1 atom stereocenters. The average Bonchev–Trinajstić information content (AvgIpc) is 2.47. The van der Waals surface area contributed by atoms with Gasteiger partial charge in [-0.3, -0.25) is 4.79 Å². The molecule has 0 bridgehead atoms. The molecule has 0 spiro atoms. The summed E-state index contributed by atoms with van der Waals surface area (Å²) in [7, 11) is 0. The Hall–Kier alpha value is -1.55. The average molecular weight is 261 g/mol. The van der Waals surface area contributed by atoms with Gasteiger partial charge in [0.05, 0.1) is 11.4 Å². The van der Waals surface area contributed by atoms with E-state index in [-0.39, 0.29) is 11.9 Å². The van der Waals surface area contributed by atoms with Crippen molar-refractivity contribution in [3.05, 3.63) is 23.8 Å². The number of nitrogens with one attached hydrogen (secondary N) is 1. The summed E-state index contributed by atoms with van der Waals surface area (Å²) in [5.41, 5.74) is 9.12. The summed E-state index contributed by atoms with van der Waals surface area (Å²) in [5, 5.41) is 3.30. The van der Waals surface area contributed by atoms with Crippen molar-refractivity contribution in [1.29, 1.82) is 0 Å². The maximum absolute atomic E-state index is 12.3. The molecule has 1 aliphatic heterocycles. The van der Waals surface area contributed by atoms with Crippen LogP contribution in [-0.2, 0) is 4.79 Å². The third-order valence-corrected chi connectivity index (χ3v) is 3.53. The van der Waals surface area contributed by atoms with E-state index in [0.717, 1.165) is 11.4 Å². The second-order valence-corrected chi connectivity index (χ2v) is 5.72. The monoisotopic (exact) mass is 261 g/mol. The summed E-state index contributed by atoms with van der Waals surface area (Å²) in [6.07, 6.45) is 0. The van der Waals surface area contributed by atoms with Crippen molar-refractivity contribution in [3.63, 3.8) is 0 Å². The Kier molecular flexibility index (Phi) is 3.80. The first kappa shape index (κ1) is 13.9. The van der Waals surface area contributed by atoms with Crippen LogP contribution in [0.5, 0.6) is 0 Å². The molecule has 0 saturated carbocycles. The lowest BCUT2D eigenvalue weighted by atomic mass is 10.0.